The van der Waals surface area contributed by atoms with Gasteiger partial charge in [-0.15, -0.1) is 10.2 Å². The van der Waals surface area contributed by atoms with Crippen molar-refractivity contribution in [1.82, 2.24) is 20.0 Å². The molecule has 0 N–H and O–H groups in total. The van der Waals surface area contributed by atoms with Gasteiger partial charge in [-0.25, -0.2) is 0 Å². The number of ether oxygens (including phenoxy) is 1. The molecule has 1 aromatic heterocycles. The third-order valence-corrected chi connectivity index (χ3v) is 7.60. The van der Waals surface area contributed by atoms with E-state index in [1.807, 2.05) is 0 Å². The molecule has 7 heteroatoms. The molecule has 0 radical (unpaired) electrons. The molecule has 3 aliphatic heterocycles. The quantitative estimate of drug-likeness (QED) is 0.733. The number of hydrogen-bond acceptors (Lipinski definition) is 6. The third kappa shape index (κ3) is 4.72. The van der Waals surface area contributed by atoms with Gasteiger partial charge in [0.25, 0.3) is 0 Å². The maximum atomic E-state index is 13.4. The lowest BCUT2D eigenvalue weighted by molar-refractivity contribution is -0.142. The standard InChI is InChI=1S/C23H36N4O3/c28-23(19-9-14-29-15-10-19)27-11-3-1-2-4-20(27)17-7-12-26(13-8-17)16-21-24-25-22(30-21)18-5-6-18/h17-20H,1-16H2/t20-/m0/s1. The molecule has 4 heterocycles. The van der Waals surface area contributed by atoms with Crippen molar-refractivity contribution in [2.45, 2.75) is 82.7 Å². The van der Waals surface area contributed by atoms with Gasteiger partial charge in [-0.2, -0.15) is 0 Å². The Morgan fingerprint density at radius 1 is 0.900 bits per heavy atom. The number of carbonyl (C=O) groups excluding carboxylic acids is 1. The largest absolute Gasteiger partial charge is 0.424 e. The predicted octanol–water partition coefficient (Wildman–Crippen LogP) is 3.36. The molecule has 1 atom stereocenters. The maximum Gasteiger partial charge on any atom is 0.230 e. The van der Waals surface area contributed by atoms with Crippen LogP contribution in [0.5, 0.6) is 0 Å². The van der Waals surface area contributed by atoms with Crippen LogP contribution < -0.4 is 0 Å². The van der Waals surface area contributed by atoms with Crippen LogP contribution in [-0.2, 0) is 16.1 Å². The van der Waals surface area contributed by atoms with Gasteiger partial charge in [0.2, 0.25) is 17.7 Å². The van der Waals surface area contributed by atoms with E-state index in [0.29, 0.717) is 23.8 Å². The van der Waals surface area contributed by atoms with Gasteiger partial charge in [-0.05, 0) is 70.4 Å². The zero-order chi connectivity index (χ0) is 20.3. The van der Waals surface area contributed by atoms with Crippen LogP contribution in [0.25, 0.3) is 0 Å². The second kappa shape index (κ2) is 9.35. The molecule has 1 amide bonds. The maximum absolute atomic E-state index is 13.4. The number of aromatic nitrogens is 2. The van der Waals surface area contributed by atoms with Crippen LogP contribution >= 0.6 is 0 Å². The van der Waals surface area contributed by atoms with E-state index in [4.69, 9.17) is 9.15 Å². The fourth-order valence-corrected chi connectivity index (χ4v) is 5.59. The Balaban J connectivity index is 1.17. The molecule has 4 fully saturated rings. The van der Waals surface area contributed by atoms with Crippen LogP contribution in [0.3, 0.4) is 0 Å². The first-order chi connectivity index (χ1) is 14.8. The average molecular weight is 417 g/mol. The van der Waals surface area contributed by atoms with Gasteiger partial charge in [-0.3, -0.25) is 9.69 Å². The number of nitrogens with zero attached hydrogens (tertiary/aromatic N) is 4. The van der Waals surface area contributed by atoms with Crippen molar-refractivity contribution in [3.63, 3.8) is 0 Å². The summed E-state index contributed by atoms with van der Waals surface area (Å²) in [6.07, 6.45) is 11.3. The molecule has 5 rings (SSSR count). The Morgan fingerprint density at radius 3 is 2.47 bits per heavy atom. The van der Waals surface area contributed by atoms with E-state index in [9.17, 15) is 4.79 Å². The van der Waals surface area contributed by atoms with Crippen LogP contribution in [0.2, 0.25) is 0 Å². The molecular formula is C23H36N4O3. The zero-order valence-electron chi connectivity index (χ0n) is 18.1. The minimum atomic E-state index is 0.178. The first-order valence-corrected chi connectivity index (χ1v) is 12.2. The third-order valence-electron chi connectivity index (χ3n) is 7.60. The van der Waals surface area contributed by atoms with Crippen LogP contribution in [-0.4, -0.2) is 64.8 Å². The van der Waals surface area contributed by atoms with Crippen molar-refractivity contribution in [2.75, 3.05) is 32.8 Å². The molecule has 0 spiro atoms. The average Bonchev–Trinajstić information content (AvgIpc) is 3.58. The first kappa shape index (κ1) is 20.4. The van der Waals surface area contributed by atoms with Gasteiger partial charge in [0.1, 0.15) is 0 Å². The number of carbonyl (C=O) groups is 1. The number of amides is 1. The minimum Gasteiger partial charge on any atom is -0.424 e. The van der Waals surface area contributed by atoms with Gasteiger partial charge in [-0.1, -0.05) is 12.8 Å². The lowest BCUT2D eigenvalue weighted by atomic mass is 9.85. The summed E-state index contributed by atoms with van der Waals surface area (Å²) in [6.45, 7) is 5.31. The van der Waals surface area contributed by atoms with Crippen molar-refractivity contribution in [3.8, 4) is 0 Å². The Hall–Kier alpha value is -1.47. The highest BCUT2D eigenvalue weighted by Crippen LogP contribution is 2.39. The highest BCUT2D eigenvalue weighted by Gasteiger charge is 2.37. The SMILES string of the molecule is O=C(C1CCOCC1)N1CCCCC[C@H]1C1CCN(Cc2nnc(C3CC3)o2)CC1. The zero-order valence-corrected chi connectivity index (χ0v) is 18.1. The molecule has 1 aliphatic carbocycles. The van der Waals surface area contributed by atoms with E-state index in [1.54, 1.807) is 0 Å². The molecule has 7 nitrogen and oxygen atoms in total. The van der Waals surface area contributed by atoms with Crippen molar-refractivity contribution >= 4 is 5.91 Å². The molecular weight excluding hydrogens is 380 g/mol. The molecule has 0 aromatic carbocycles. The Morgan fingerprint density at radius 2 is 1.70 bits per heavy atom. The number of likely N-dealkylation sites (tertiary alicyclic amines) is 2. The van der Waals surface area contributed by atoms with Gasteiger partial charge in [0, 0.05) is 37.6 Å². The molecule has 0 unspecified atom stereocenters. The Kier molecular flexibility index (Phi) is 6.37. The lowest BCUT2D eigenvalue weighted by Crippen LogP contribution is -2.50. The fourth-order valence-electron chi connectivity index (χ4n) is 5.59. The molecule has 1 aromatic rings. The van der Waals surface area contributed by atoms with Gasteiger partial charge in [0.15, 0.2) is 0 Å². The predicted molar refractivity (Wildman–Crippen MR) is 112 cm³/mol. The second-order valence-corrected chi connectivity index (χ2v) is 9.76. The molecule has 30 heavy (non-hydrogen) atoms. The van der Waals surface area contributed by atoms with Crippen molar-refractivity contribution in [3.05, 3.63) is 11.8 Å². The second-order valence-electron chi connectivity index (χ2n) is 9.76. The van der Waals surface area contributed by atoms with E-state index in [-0.39, 0.29) is 5.92 Å². The topological polar surface area (TPSA) is 71.7 Å². The van der Waals surface area contributed by atoms with Crippen LogP contribution in [0.4, 0.5) is 0 Å². The summed E-state index contributed by atoms with van der Waals surface area (Å²) in [5.74, 6) is 3.32. The Labute approximate surface area is 179 Å². The molecule has 0 bridgehead atoms. The van der Waals surface area contributed by atoms with Crippen molar-refractivity contribution in [2.24, 2.45) is 11.8 Å². The highest BCUT2D eigenvalue weighted by molar-refractivity contribution is 5.79. The van der Waals surface area contributed by atoms with E-state index in [2.05, 4.69) is 20.0 Å². The van der Waals surface area contributed by atoms with E-state index < -0.39 is 0 Å². The molecule has 166 valence electrons. The summed E-state index contributed by atoms with van der Waals surface area (Å²) in [5, 5.41) is 8.48. The normalized spacial score (nSPS) is 27.9. The Bertz CT molecular complexity index is 705. The first-order valence-electron chi connectivity index (χ1n) is 12.2. The summed E-state index contributed by atoms with van der Waals surface area (Å²) in [4.78, 5) is 18.1. The lowest BCUT2D eigenvalue weighted by Gasteiger charge is -2.42. The molecule has 1 saturated carbocycles. The van der Waals surface area contributed by atoms with Gasteiger partial charge in [0.05, 0.1) is 6.54 Å². The summed E-state index contributed by atoms with van der Waals surface area (Å²) in [5.41, 5.74) is 0. The number of rotatable bonds is 5. The van der Waals surface area contributed by atoms with Crippen LogP contribution in [0.15, 0.2) is 4.42 Å². The van der Waals surface area contributed by atoms with Gasteiger partial charge >= 0.3 is 0 Å². The van der Waals surface area contributed by atoms with Crippen LogP contribution in [0, 0.1) is 11.8 Å². The van der Waals surface area contributed by atoms with Crippen LogP contribution in [0.1, 0.15) is 81.9 Å². The summed E-state index contributed by atoms with van der Waals surface area (Å²) in [7, 11) is 0. The fraction of sp³-hybridized carbons (Fsp3) is 0.870. The van der Waals surface area contributed by atoms with E-state index in [0.717, 1.165) is 83.3 Å². The monoisotopic (exact) mass is 416 g/mol. The smallest absolute Gasteiger partial charge is 0.230 e. The minimum absolute atomic E-state index is 0.178. The van der Waals surface area contributed by atoms with E-state index >= 15 is 0 Å². The summed E-state index contributed by atoms with van der Waals surface area (Å²) in [6, 6.07) is 0.426. The molecule has 4 aliphatic rings. The molecule has 3 saturated heterocycles. The number of piperidine rings is 1. The summed E-state index contributed by atoms with van der Waals surface area (Å²) >= 11 is 0. The highest BCUT2D eigenvalue weighted by atomic mass is 16.5. The van der Waals surface area contributed by atoms with E-state index in [1.165, 1.54) is 32.1 Å². The summed E-state index contributed by atoms with van der Waals surface area (Å²) < 4.78 is 11.3. The number of hydrogen-bond donors (Lipinski definition) is 0. The van der Waals surface area contributed by atoms with Crippen molar-refractivity contribution < 1.29 is 13.9 Å². The van der Waals surface area contributed by atoms with Gasteiger partial charge < -0.3 is 14.1 Å². The van der Waals surface area contributed by atoms with Crippen molar-refractivity contribution in [1.29, 1.82) is 0 Å².